The third-order valence-corrected chi connectivity index (χ3v) is 8.04. The molecule has 0 bridgehead atoms. The van der Waals surface area contributed by atoms with Gasteiger partial charge >= 0.3 is 0 Å². The number of carbonyl (C=O) groups is 1. The highest BCUT2D eigenvalue weighted by molar-refractivity contribution is 5.95. The molecular weight excluding hydrogens is 510 g/mol. The minimum absolute atomic E-state index is 0.182. The van der Waals surface area contributed by atoms with Crippen molar-refractivity contribution in [3.8, 4) is 29.4 Å². The van der Waals surface area contributed by atoms with E-state index in [4.69, 9.17) is 5.10 Å². The summed E-state index contributed by atoms with van der Waals surface area (Å²) in [5.41, 5.74) is -1.27. The van der Waals surface area contributed by atoms with Crippen LogP contribution in [0.5, 0.6) is 5.75 Å². The molecule has 3 heterocycles. The van der Waals surface area contributed by atoms with Gasteiger partial charge in [0, 0.05) is 19.8 Å². The summed E-state index contributed by atoms with van der Waals surface area (Å²) in [6.07, 6.45) is 6.98. The number of carbonyl (C=O) groups excluding carboxylic acids is 1. The number of amides is 1. The van der Waals surface area contributed by atoms with Crippen molar-refractivity contribution < 1.29 is 20.1 Å². The molecule has 0 saturated heterocycles. The van der Waals surface area contributed by atoms with Crippen LogP contribution in [0.4, 0.5) is 0 Å². The minimum Gasteiger partial charge on any atom is -0.502 e. The van der Waals surface area contributed by atoms with Crippen LogP contribution in [-0.2, 0) is 0 Å². The third-order valence-electron chi connectivity index (χ3n) is 8.04. The van der Waals surface area contributed by atoms with Gasteiger partial charge in [0.1, 0.15) is 17.2 Å². The quantitative estimate of drug-likeness (QED) is 0.431. The van der Waals surface area contributed by atoms with Gasteiger partial charge in [-0.15, -0.1) is 0 Å². The Labute approximate surface area is 230 Å². The van der Waals surface area contributed by atoms with Gasteiger partial charge in [-0.25, -0.2) is 4.68 Å². The standard InChI is InChI=1S/C30H29N5O5/c1-33-19-23(35-26(28(33)38)27(37)24(36)17-31-35)25(20-7-3-2-4-8-20)34-18-21(9-15-29(39)11-5-12-29)22(32-34)10-16-30(40)13-6-14-30/h2-4,7-8,17-18,23,25,37,39-40H,5-6,11-14,19H2,1H3. The Kier molecular flexibility index (Phi) is 6.25. The van der Waals surface area contributed by atoms with E-state index >= 15 is 0 Å². The normalized spacial score (nSPS) is 21.0. The molecule has 1 amide bonds. The van der Waals surface area contributed by atoms with E-state index in [0.29, 0.717) is 36.9 Å². The lowest BCUT2D eigenvalue weighted by atomic mass is 9.80. The molecule has 10 nitrogen and oxygen atoms in total. The Balaban J connectivity index is 1.51. The Morgan fingerprint density at radius 2 is 1.65 bits per heavy atom. The predicted molar refractivity (Wildman–Crippen MR) is 144 cm³/mol. The van der Waals surface area contributed by atoms with Crippen LogP contribution in [0.25, 0.3) is 0 Å². The highest BCUT2D eigenvalue weighted by Gasteiger charge is 2.39. The van der Waals surface area contributed by atoms with Crippen LogP contribution >= 0.6 is 0 Å². The summed E-state index contributed by atoms with van der Waals surface area (Å²) in [6, 6.07) is 8.42. The van der Waals surface area contributed by atoms with Gasteiger partial charge in [-0.05, 0) is 50.0 Å². The molecule has 2 fully saturated rings. The van der Waals surface area contributed by atoms with Crippen molar-refractivity contribution in [3.63, 3.8) is 0 Å². The minimum atomic E-state index is -1.04. The number of aliphatic hydroxyl groups is 2. The van der Waals surface area contributed by atoms with Gasteiger partial charge in [0.15, 0.2) is 17.1 Å². The molecule has 3 aromatic rings. The third kappa shape index (κ3) is 4.56. The Morgan fingerprint density at radius 1 is 1.00 bits per heavy atom. The van der Waals surface area contributed by atoms with Crippen molar-refractivity contribution in [2.75, 3.05) is 13.6 Å². The van der Waals surface area contributed by atoms with E-state index in [1.165, 1.54) is 9.58 Å². The van der Waals surface area contributed by atoms with Crippen LogP contribution in [0.15, 0.2) is 47.5 Å². The maximum Gasteiger partial charge on any atom is 0.275 e. The lowest BCUT2D eigenvalue weighted by Gasteiger charge is -2.37. The summed E-state index contributed by atoms with van der Waals surface area (Å²) in [4.78, 5) is 26.6. The van der Waals surface area contributed by atoms with E-state index in [0.717, 1.165) is 24.6 Å². The summed E-state index contributed by atoms with van der Waals surface area (Å²) in [6.45, 7) is 0.224. The molecule has 2 atom stereocenters. The summed E-state index contributed by atoms with van der Waals surface area (Å²) >= 11 is 0. The second kappa shape index (κ2) is 9.67. The van der Waals surface area contributed by atoms with Gasteiger partial charge in [-0.2, -0.15) is 10.2 Å². The second-order valence-corrected chi connectivity index (χ2v) is 10.9. The first-order valence-electron chi connectivity index (χ1n) is 13.4. The molecule has 3 N–H and O–H groups in total. The smallest absolute Gasteiger partial charge is 0.275 e. The first-order chi connectivity index (χ1) is 19.2. The number of benzene rings is 1. The topological polar surface area (TPSA) is 134 Å². The molecule has 0 spiro atoms. The average Bonchev–Trinajstić information content (AvgIpc) is 3.31. The van der Waals surface area contributed by atoms with Gasteiger partial charge in [0.05, 0.1) is 17.8 Å². The Morgan fingerprint density at radius 3 is 2.27 bits per heavy atom. The van der Waals surface area contributed by atoms with Crippen molar-refractivity contribution in [2.45, 2.75) is 61.8 Å². The zero-order valence-electron chi connectivity index (χ0n) is 22.0. The van der Waals surface area contributed by atoms with E-state index in [2.05, 4.69) is 28.8 Å². The molecule has 0 radical (unpaired) electrons. The fourth-order valence-corrected chi connectivity index (χ4v) is 5.32. The van der Waals surface area contributed by atoms with Crippen LogP contribution in [0.3, 0.4) is 0 Å². The highest BCUT2D eigenvalue weighted by atomic mass is 16.3. The number of hydrogen-bond donors (Lipinski definition) is 3. The van der Waals surface area contributed by atoms with Crippen LogP contribution in [-0.4, -0.2) is 70.5 Å². The maximum atomic E-state index is 13.0. The van der Waals surface area contributed by atoms with Gasteiger partial charge in [-0.1, -0.05) is 48.1 Å². The summed E-state index contributed by atoms with van der Waals surface area (Å²) in [5, 5.41) is 40.8. The van der Waals surface area contributed by atoms with Gasteiger partial charge < -0.3 is 20.2 Å². The molecule has 204 valence electrons. The van der Waals surface area contributed by atoms with Crippen molar-refractivity contribution in [1.29, 1.82) is 0 Å². The lowest BCUT2D eigenvalue weighted by Crippen LogP contribution is -2.46. The van der Waals surface area contributed by atoms with Crippen molar-refractivity contribution >= 4 is 5.91 Å². The van der Waals surface area contributed by atoms with Crippen LogP contribution in [0, 0.1) is 23.7 Å². The highest BCUT2D eigenvalue weighted by Crippen LogP contribution is 2.36. The molecule has 3 aliphatic rings. The van der Waals surface area contributed by atoms with Gasteiger partial charge in [0.25, 0.3) is 5.91 Å². The van der Waals surface area contributed by atoms with E-state index in [-0.39, 0.29) is 12.2 Å². The monoisotopic (exact) mass is 539 g/mol. The summed E-state index contributed by atoms with van der Waals surface area (Å²) < 4.78 is 3.09. The van der Waals surface area contributed by atoms with Gasteiger partial charge in [0.2, 0.25) is 5.43 Å². The predicted octanol–water partition coefficient (Wildman–Crippen LogP) is 1.59. The Bertz CT molecular complexity index is 1610. The van der Waals surface area contributed by atoms with E-state index < -0.39 is 40.4 Å². The van der Waals surface area contributed by atoms with Crippen molar-refractivity contribution in [1.82, 2.24) is 24.5 Å². The number of fused-ring (bicyclic) bond motifs is 1. The molecule has 10 heteroatoms. The molecule has 2 aromatic heterocycles. The number of nitrogens with zero attached hydrogens (tertiary/aromatic N) is 5. The number of hydrogen-bond acceptors (Lipinski definition) is 7. The van der Waals surface area contributed by atoms with Crippen LogP contribution < -0.4 is 5.43 Å². The fraction of sp³-hybridized carbons (Fsp3) is 0.400. The zero-order valence-corrected chi connectivity index (χ0v) is 22.0. The molecular formula is C30H29N5O5. The fourth-order valence-electron chi connectivity index (χ4n) is 5.32. The molecule has 1 aliphatic heterocycles. The van der Waals surface area contributed by atoms with Crippen LogP contribution in [0.1, 0.15) is 77.9 Å². The second-order valence-electron chi connectivity index (χ2n) is 10.9. The number of aromatic hydroxyl groups is 1. The Hall–Kier alpha value is -4.38. The van der Waals surface area contributed by atoms with Crippen molar-refractivity contribution in [2.24, 2.45) is 0 Å². The molecule has 6 rings (SSSR count). The number of likely N-dealkylation sites (N-methyl/N-ethyl adjacent to an activating group) is 1. The van der Waals surface area contributed by atoms with Crippen molar-refractivity contribution in [3.05, 3.63) is 75.5 Å². The van der Waals surface area contributed by atoms with Crippen LogP contribution in [0.2, 0.25) is 0 Å². The number of rotatable bonds is 3. The zero-order chi connectivity index (χ0) is 28.1. The van der Waals surface area contributed by atoms with Gasteiger partial charge in [-0.3, -0.25) is 14.3 Å². The van der Waals surface area contributed by atoms with E-state index in [1.54, 1.807) is 17.9 Å². The molecule has 2 aliphatic carbocycles. The molecule has 2 unspecified atom stereocenters. The number of aromatic nitrogens is 4. The summed E-state index contributed by atoms with van der Waals surface area (Å²) in [7, 11) is 1.60. The maximum absolute atomic E-state index is 13.0. The van der Waals surface area contributed by atoms with E-state index in [9.17, 15) is 24.9 Å². The molecule has 40 heavy (non-hydrogen) atoms. The SMILES string of the molecule is CN1CC(C(c2ccccc2)n2cc(C#CC3(O)CCC3)c(C#CC3(O)CCC3)n2)n2ncc(=O)c(O)c2C1=O. The lowest BCUT2D eigenvalue weighted by molar-refractivity contribution is 0.0235. The average molecular weight is 540 g/mol. The first kappa shape index (κ1) is 25.9. The summed E-state index contributed by atoms with van der Waals surface area (Å²) in [5.74, 6) is 10.9. The van der Waals surface area contributed by atoms with E-state index in [1.807, 2.05) is 30.3 Å². The molecule has 2 saturated carbocycles. The first-order valence-corrected chi connectivity index (χ1v) is 13.4. The largest absolute Gasteiger partial charge is 0.502 e. The molecule has 1 aromatic carbocycles.